The Morgan fingerprint density at radius 1 is 1.67 bits per heavy atom. The van der Waals surface area contributed by atoms with Crippen molar-refractivity contribution in [2.24, 2.45) is 0 Å². The lowest BCUT2D eigenvalue weighted by Gasteiger charge is -2.01. The van der Waals surface area contributed by atoms with E-state index in [0.717, 1.165) is 0 Å². The van der Waals surface area contributed by atoms with Crippen LogP contribution in [0.5, 0.6) is 5.88 Å². The fraction of sp³-hybridized carbons (Fsp3) is 0.286. The second-order valence-electron chi connectivity index (χ2n) is 2.22. The molecule has 0 unspecified atom stereocenters. The molecule has 0 aliphatic rings. The summed E-state index contributed by atoms with van der Waals surface area (Å²) in [6.45, 7) is 1.60. The van der Waals surface area contributed by atoms with Crippen LogP contribution in [0.4, 0.5) is 5.69 Å². The van der Waals surface area contributed by atoms with E-state index in [4.69, 9.17) is 4.74 Å². The van der Waals surface area contributed by atoms with Gasteiger partial charge in [0.25, 0.3) is 5.69 Å². The van der Waals surface area contributed by atoms with Crippen LogP contribution in [0.1, 0.15) is 5.56 Å². The van der Waals surface area contributed by atoms with Gasteiger partial charge in [0, 0.05) is 12.3 Å². The average Bonchev–Trinajstić information content (AvgIpc) is 2.04. The van der Waals surface area contributed by atoms with Crippen LogP contribution >= 0.6 is 0 Å². The highest BCUT2D eigenvalue weighted by molar-refractivity contribution is 5.43. The molecular formula is C7H8N2O3. The fourth-order valence-electron chi connectivity index (χ4n) is 0.911. The summed E-state index contributed by atoms with van der Waals surface area (Å²) in [5.41, 5.74) is 0.479. The number of aromatic nitrogens is 1. The van der Waals surface area contributed by atoms with E-state index in [9.17, 15) is 10.1 Å². The van der Waals surface area contributed by atoms with Crippen molar-refractivity contribution in [3.8, 4) is 5.88 Å². The molecule has 0 fully saturated rings. The molecule has 0 N–H and O–H groups in total. The molecule has 0 aliphatic heterocycles. The summed E-state index contributed by atoms with van der Waals surface area (Å²) in [4.78, 5) is 13.8. The number of hydrogen-bond acceptors (Lipinski definition) is 4. The standard InChI is InChI=1S/C7H8N2O3/c1-5-6(9(10)11)3-4-8-7(5)12-2/h3-4H,1-2H3. The Morgan fingerprint density at radius 3 is 2.83 bits per heavy atom. The zero-order valence-electron chi connectivity index (χ0n) is 6.77. The third-order valence-corrected chi connectivity index (χ3v) is 1.52. The van der Waals surface area contributed by atoms with E-state index in [1.807, 2.05) is 0 Å². The van der Waals surface area contributed by atoms with E-state index in [1.165, 1.54) is 19.4 Å². The second-order valence-corrected chi connectivity index (χ2v) is 2.22. The minimum atomic E-state index is -0.459. The lowest BCUT2D eigenvalue weighted by atomic mass is 10.2. The van der Waals surface area contributed by atoms with Gasteiger partial charge in [-0.2, -0.15) is 0 Å². The van der Waals surface area contributed by atoms with Gasteiger partial charge in [-0.15, -0.1) is 0 Å². The molecular weight excluding hydrogens is 160 g/mol. The summed E-state index contributed by atoms with van der Waals surface area (Å²) in [6.07, 6.45) is 1.35. The third-order valence-electron chi connectivity index (χ3n) is 1.52. The van der Waals surface area contributed by atoms with Crippen LogP contribution in [0.2, 0.25) is 0 Å². The Balaban J connectivity index is 3.23. The number of nitrogens with zero attached hydrogens (tertiary/aromatic N) is 2. The number of pyridine rings is 1. The summed E-state index contributed by atoms with van der Waals surface area (Å²) < 4.78 is 4.82. The van der Waals surface area contributed by atoms with Crippen LogP contribution in [0.3, 0.4) is 0 Å². The number of hydrogen-bond donors (Lipinski definition) is 0. The molecule has 5 heteroatoms. The maximum atomic E-state index is 10.4. The highest BCUT2D eigenvalue weighted by Crippen LogP contribution is 2.23. The van der Waals surface area contributed by atoms with E-state index in [0.29, 0.717) is 11.4 Å². The lowest BCUT2D eigenvalue weighted by molar-refractivity contribution is -0.385. The van der Waals surface area contributed by atoms with Crippen molar-refractivity contribution in [1.82, 2.24) is 4.98 Å². The van der Waals surface area contributed by atoms with Crippen molar-refractivity contribution >= 4 is 5.69 Å². The van der Waals surface area contributed by atoms with E-state index in [2.05, 4.69) is 4.98 Å². The molecule has 0 atom stereocenters. The predicted octanol–water partition coefficient (Wildman–Crippen LogP) is 1.31. The highest BCUT2D eigenvalue weighted by Gasteiger charge is 2.14. The van der Waals surface area contributed by atoms with Gasteiger partial charge in [0.1, 0.15) is 0 Å². The normalized spacial score (nSPS) is 9.50. The van der Waals surface area contributed by atoms with E-state index in [1.54, 1.807) is 6.92 Å². The van der Waals surface area contributed by atoms with Crippen LogP contribution in [0, 0.1) is 17.0 Å². The molecule has 1 heterocycles. The van der Waals surface area contributed by atoms with Crippen molar-refractivity contribution in [3.05, 3.63) is 27.9 Å². The highest BCUT2D eigenvalue weighted by atomic mass is 16.6. The smallest absolute Gasteiger partial charge is 0.279 e. The zero-order chi connectivity index (χ0) is 9.14. The topological polar surface area (TPSA) is 65.3 Å². The summed E-state index contributed by atoms with van der Waals surface area (Å²) in [5, 5.41) is 10.4. The maximum absolute atomic E-state index is 10.4. The van der Waals surface area contributed by atoms with Crippen LogP contribution in [-0.2, 0) is 0 Å². The Labute approximate surface area is 69.1 Å². The van der Waals surface area contributed by atoms with Gasteiger partial charge in [0.15, 0.2) is 0 Å². The van der Waals surface area contributed by atoms with Gasteiger partial charge in [-0.3, -0.25) is 10.1 Å². The molecule has 1 rings (SSSR count). The maximum Gasteiger partial charge on any atom is 0.279 e. The second kappa shape index (κ2) is 3.17. The number of rotatable bonds is 2. The van der Waals surface area contributed by atoms with Gasteiger partial charge in [-0.05, 0) is 6.92 Å². The Kier molecular flexibility index (Phi) is 2.23. The lowest BCUT2D eigenvalue weighted by Crippen LogP contribution is -1.96. The van der Waals surface area contributed by atoms with Gasteiger partial charge < -0.3 is 4.74 Å². The van der Waals surface area contributed by atoms with Crippen molar-refractivity contribution in [2.45, 2.75) is 6.92 Å². The minimum Gasteiger partial charge on any atom is -0.481 e. The van der Waals surface area contributed by atoms with E-state index < -0.39 is 4.92 Å². The van der Waals surface area contributed by atoms with Crippen LogP contribution < -0.4 is 4.74 Å². The van der Waals surface area contributed by atoms with Gasteiger partial charge in [0.05, 0.1) is 17.6 Å². The molecule has 12 heavy (non-hydrogen) atoms. The molecule has 0 amide bonds. The van der Waals surface area contributed by atoms with Gasteiger partial charge in [0.2, 0.25) is 5.88 Å². The Bertz CT molecular complexity index is 312. The first-order chi connectivity index (χ1) is 5.66. The monoisotopic (exact) mass is 168 g/mol. The molecule has 0 saturated carbocycles. The zero-order valence-corrected chi connectivity index (χ0v) is 6.77. The summed E-state index contributed by atoms with van der Waals surface area (Å²) >= 11 is 0. The first-order valence-corrected chi connectivity index (χ1v) is 3.30. The van der Waals surface area contributed by atoms with Crippen molar-refractivity contribution in [1.29, 1.82) is 0 Å². The molecule has 1 aromatic rings. The third kappa shape index (κ3) is 1.34. The van der Waals surface area contributed by atoms with Crippen LogP contribution in [0.25, 0.3) is 0 Å². The molecule has 5 nitrogen and oxygen atoms in total. The predicted molar refractivity (Wildman–Crippen MR) is 42.2 cm³/mol. The SMILES string of the molecule is COc1nccc([N+](=O)[O-])c1C. The van der Waals surface area contributed by atoms with E-state index in [-0.39, 0.29) is 5.69 Å². The summed E-state index contributed by atoms with van der Waals surface area (Å²) in [5.74, 6) is 0.296. The Morgan fingerprint density at radius 2 is 2.33 bits per heavy atom. The first kappa shape index (κ1) is 8.45. The van der Waals surface area contributed by atoms with E-state index >= 15 is 0 Å². The molecule has 64 valence electrons. The quantitative estimate of drug-likeness (QED) is 0.493. The first-order valence-electron chi connectivity index (χ1n) is 3.30. The van der Waals surface area contributed by atoms with Gasteiger partial charge >= 0.3 is 0 Å². The van der Waals surface area contributed by atoms with Gasteiger partial charge in [-0.1, -0.05) is 0 Å². The number of nitro groups is 1. The van der Waals surface area contributed by atoms with Gasteiger partial charge in [-0.25, -0.2) is 4.98 Å². The van der Waals surface area contributed by atoms with Crippen molar-refractivity contribution in [3.63, 3.8) is 0 Å². The molecule has 0 bridgehead atoms. The summed E-state index contributed by atoms with van der Waals surface area (Å²) in [7, 11) is 1.43. The molecule has 0 saturated heterocycles. The summed E-state index contributed by atoms with van der Waals surface area (Å²) in [6, 6.07) is 1.35. The largest absolute Gasteiger partial charge is 0.481 e. The molecule has 0 radical (unpaired) electrons. The molecule has 0 aliphatic carbocycles. The van der Waals surface area contributed by atoms with Crippen molar-refractivity contribution in [2.75, 3.05) is 7.11 Å². The molecule has 0 spiro atoms. The van der Waals surface area contributed by atoms with Crippen molar-refractivity contribution < 1.29 is 9.66 Å². The average molecular weight is 168 g/mol. The number of ether oxygens (including phenoxy) is 1. The van der Waals surface area contributed by atoms with Crippen LogP contribution in [0.15, 0.2) is 12.3 Å². The molecule has 0 aromatic carbocycles. The Hall–Kier alpha value is -1.65. The number of methoxy groups -OCH3 is 1. The fourth-order valence-corrected chi connectivity index (χ4v) is 0.911. The molecule has 1 aromatic heterocycles. The van der Waals surface area contributed by atoms with Crippen LogP contribution in [-0.4, -0.2) is 17.0 Å². The minimum absolute atomic E-state index is 0.0295.